The predicted octanol–water partition coefficient (Wildman–Crippen LogP) is 3.12. The third kappa shape index (κ3) is 44.9. The van der Waals surface area contributed by atoms with E-state index in [1.807, 2.05) is 6.92 Å². The van der Waals surface area contributed by atoms with Gasteiger partial charge in [0, 0.05) is 28.0 Å². The number of hydrogen-bond donors (Lipinski definition) is 4. The summed E-state index contributed by atoms with van der Waals surface area (Å²) in [4.78, 5) is 21.0. The van der Waals surface area contributed by atoms with Gasteiger partial charge in [-0.05, 0) is 26.7 Å². The standard InChI is InChI=1S/C8H17NO2.C6H13NO2.C2H6O.Cl2OS.ClH/c1-3-5-6-7(9)8(10)11-4-2;1-2-3-4-5(7)6(8)9;1-2-3;1-4(2)3;/h7H,3-6,9H2,1-2H3;5H,2-4,7H2,1H3,(H,8,9);3H,2H2,1H3;;1H. The van der Waals surface area contributed by atoms with Gasteiger partial charge in [-0.2, -0.15) is 0 Å². The SMILES string of the molecule is CCCCC(N)C(=O)O.CCCCC(N)C(=O)OCC.CCO.Cl.O=S(Cl)Cl. The van der Waals surface area contributed by atoms with Crippen molar-refractivity contribution in [3.8, 4) is 0 Å². The van der Waals surface area contributed by atoms with Gasteiger partial charge in [0.15, 0.2) is 0 Å². The fraction of sp³-hybridized carbons (Fsp3) is 0.875. The highest BCUT2D eigenvalue weighted by atomic mass is 36.0. The molecule has 0 aliphatic rings. The molecule has 0 aromatic rings. The Bertz CT molecular complexity index is 365. The van der Waals surface area contributed by atoms with Crippen LogP contribution in [-0.4, -0.2) is 51.7 Å². The molecule has 0 amide bonds. The van der Waals surface area contributed by atoms with Crippen LogP contribution in [0.2, 0.25) is 0 Å². The van der Waals surface area contributed by atoms with Crippen LogP contribution < -0.4 is 11.5 Å². The first-order chi connectivity index (χ1) is 12.5. The van der Waals surface area contributed by atoms with Crippen LogP contribution in [0, 0.1) is 0 Å². The molecule has 0 fully saturated rings. The Kier molecular flexibility index (Phi) is 43.3. The molecule has 0 aromatic heterocycles. The van der Waals surface area contributed by atoms with E-state index in [-0.39, 0.29) is 25.0 Å². The molecule has 0 saturated carbocycles. The molecule has 0 aliphatic heterocycles. The maximum atomic E-state index is 10.9. The van der Waals surface area contributed by atoms with Gasteiger partial charge in [0.2, 0.25) is 9.23 Å². The molecule has 0 rings (SSSR count). The number of aliphatic hydroxyl groups is 1. The fourth-order valence-corrected chi connectivity index (χ4v) is 1.34. The van der Waals surface area contributed by atoms with Crippen LogP contribution in [0.15, 0.2) is 0 Å². The van der Waals surface area contributed by atoms with Crippen LogP contribution in [0.3, 0.4) is 0 Å². The van der Waals surface area contributed by atoms with Crippen molar-refractivity contribution in [2.24, 2.45) is 11.5 Å². The van der Waals surface area contributed by atoms with E-state index in [0.29, 0.717) is 13.0 Å². The van der Waals surface area contributed by atoms with Crippen molar-refractivity contribution in [1.82, 2.24) is 0 Å². The number of carboxylic acids is 1. The van der Waals surface area contributed by atoms with Gasteiger partial charge in [-0.25, -0.2) is 4.21 Å². The number of unbranched alkanes of at least 4 members (excludes halogenated alkanes) is 2. The fourth-order valence-electron chi connectivity index (χ4n) is 1.34. The number of rotatable bonds is 9. The van der Waals surface area contributed by atoms with E-state index in [1.165, 1.54) is 0 Å². The molecule has 12 heteroatoms. The monoisotopic (exact) mass is 490 g/mol. The largest absolute Gasteiger partial charge is 0.480 e. The Morgan fingerprint density at radius 2 is 1.32 bits per heavy atom. The third-order valence-corrected chi connectivity index (χ3v) is 2.64. The van der Waals surface area contributed by atoms with Crippen molar-refractivity contribution >= 4 is 54.9 Å². The number of esters is 1. The van der Waals surface area contributed by atoms with E-state index in [2.05, 4.69) is 28.3 Å². The van der Waals surface area contributed by atoms with E-state index >= 15 is 0 Å². The molecule has 2 unspecified atom stereocenters. The van der Waals surface area contributed by atoms with Crippen LogP contribution in [0.4, 0.5) is 0 Å². The number of halogens is 3. The summed E-state index contributed by atoms with van der Waals surface area (Å²) in [7, 11) is 7.36. The third-order valence-electron chi connectivity index (χ3n) is 2.64. The van der Waals surface area contributed by atoms with Gasteiger partial charge < -0.3 is 26.4 Å². The zero-order chi connectivity index (χ0) is 22.3. The summed E-state index contributed by atoms with van der Waals surface area (Å²) in [5.41, 5.74) is 10.7. The molecule has 28 heavy (non-hydrogen) atoms. The minimum absolute atomic E-state index is 0. The minimum atomic E-state index is -1.67. The van der Waals surface area contributed by atoms with Crippen LogP contribution >= 0.6 is 33.8 Å². The molecule has 2 atom stereocenters. The normalized spacial score (nSPS) is 11.1. The second kappa shape index (κ2) is 31.5. The first-order valence-corrected chi connectivity index (χ1v) is 11.6. The first kappa shape index (κ1) is 38.4. The quantitative estimate of drug-likeness (QED) is 0.283. The van der Waals surface area contributed by atoms with Gasteiger partial charge in [0.25, 0.3) is 0 Å². The summed E-state index contributed by atoms with van der Waals surface area (Å²) in [5, 5.41) is 15.9. The molecular formula is C16H37Cl3N2O6S. The van der Waals surface area contributed by atoms with E-state index in [1.54, 1.807) is 13.8 Å². The highest BCUT2D eigenvalue weighted by molar-refractivity contribution is 8.26. The zero-order valence-corrected chi connectivity index (χ0v) is 20.2. The van der Waals surface area contributed by atoms with Crippen LogP contribution in [0.5, 0.6) is 0 Å². The summed E-state index contributed by atoms with van der Waals surface area (Å²) in [5.74, 6) is -1.18. The molecule has 174 valence electrons. The predicted molar refractivity (Wildman–Crippen MR) is 119 cm³/mol. The Labute approximate surface area is 186 Å². The first-order valence-electron chi connectivity index (χ1n) is 8.81. The van der Waals surface area contributed by atoms with E-state index < -0.39 is 27.3 Å². The second-order valence-electron chi connectivity index (χ2n) is 5.09. The van der Waals surface area contributed by atoms with Crippen LogP contribution in [0.1, 0.15) is 66.2 Å². The van der Waals surface area contributed by atoms with Crippen molar-refractivity contribution in [2.45, 2.75) is 78.3 Å². The number of hydrogen-bond acceptors (Lipinski definition) is 7. The average Bonchev–Trinajstić information content (AvgIpc) is 2.58. The minimum Gasteiger partial charge on any atom is -0.480 e. The lowest BCUT2D eigenvalue weighted by Gasteiger charge is -2.08. The summed E-state index contributed by atoms with van der Waals surface area (Å²) in [6.45, 7) is 8.20. The van der Waals surface area contributed by atoms with Gasteiger partial charge in [-0.15, -0.1) is 12.4 Å². The number of nitrogens with two attached hydrogens (primary N) is 2. The molecule has 0 radical (unpaired) electrons. The van der Waals surface area contributed by atoms with Crippen molar-refractivity contribution in [3.05, 3.63) is 0 Å². The Balaban J connectivity index is -0.0000000931. The molecule has 0 aliphatic carbocycles. The maximum absolute atomic E-state index is 10.9. The summed E-state index contributed by atoms with van der Waals surface area (Å²) in [6.07, 6.45) is 5.27. The summed E-state index contributed by atoms with van der Waals surface area (Å²) in [6, 6.07) is -1.08. The summed E-state index contributed by atoms with van der Waals surface area (Å²) < 4.78 is 13.8. The van der Waals surface area contributed by atoms with Gasteiger partial charge in [0.1, 0.15) is 12.1 Å². The van der Waals surface area contributed by atoms with Crippen molar-refractivity contribution < 1.29 is 28.7 Å². The molecule has 0 heterocycles. The zero-order valence-electron chi connectivity index (χ0n) is 17.1. The smallest absolute Gasteiger partial charge is 0.322 e. The van der Waals surface area contributed by atoms with E-state index in [4.69, 9.17) is 30.6 Å². The lowest BCUT2D eigenvalue weighted by Crippen LogP contribution is -2.32. The molecular weight excluding hydrogens is 455 g/mol. The highest BCUT2D eigenvalue weighted by Crippen LogP contribution is 1.99. The Hall–Kier alpha value is -0.160. The molecule has 8 nitrogen and oxygen atoms in total. The second-order valence-corrected chi connectivity index (χ2v) is 7.61. The molecule has 6 N–H and O–H groups in total. The Morgan fingerprint density at radius 1 is 1.00 bits per heavy atom. The Morgan fingerprint density at radius 3 is 1.57 bits per heavy atom. The van der Waals surface area contributed by atoms with Gasteiger partial charge in [0.05, 0.1) is 6.61 Å². The molecule has 0 bridgehead atoms. The number of carbonyl (C=O) groups is 2. The average molecular weight is 492 g/mol. The number of ether oxygens (including phenoxy) is 1. The molecule has 0 aromatic carbocycles. The van der Waals surface area contributed by atoms with Crippen LogP contribution in [0.25, 0.3) is 0 Å². The number of aliphatic hydroxyl groups excluding tert-OH is 1. The number of carboxylic acid groups (broad SMARTS) is 1. The van der Waals surface area contributed by atoms with Gasteiger partial charge in [-0.3, -0.25) is 9.59 Å². The number of carbonyl (C=O) groups excluding carboxylic acids is 1. The lowest BCUT2D eigenvalue weighted by atomic mass is 10.1. The number of aliphatic carboxylic acids is 1. The lowest BCUT2D eigenvalue weighted by molar-refractivity contribution is -0.145. The van der Waals surface area contributed by atoms with Crippen LogP contribution in [-0.2, 0) is 23.6 Å². The van der Waals surface area contributed by atoms with Gasteiger partial charge >= 0.3 is 11.9 Å². The van der Waals surface area contributed by atoms with Gasteiger partial charge in [-0.1, -0.05) is 39.5 Å². The van der Waals surface area contributed by atoms with Crippen molar-refractivity contribution in [3.63, 3.8) is 0 Å². The summed E-state index contributed by atoms with van der Waals surface area (Å²) >= 11 is 0. The van der Waals surface area contributed by atoms with E-state index in [9.17, 15) is 9.59 Å². The van der Waals surface area contributed by atoms with E-state index in [0.717, 1.165) is 32.1 Å². The van der Waals surface area contributed by atoms with Crippen molar-refractivity contribution in [1.29, 1.82) is 0 Å². The highest BCUT2D eigenvalue weighted by Gasteiger charge is 2.12. The molecule has 0 spiro atoms. The topological polar surface area (TPSA) is 153 Å². The maximum Gasteiger partial charge on any atom is 0.322 e. The molecule has 0 saturated heterocycles. The van der Waals surface area contributed by atoms with Crippen molar-refractivity contribution in [2.75, 3.05) is 13.2 Å².